The van der Waals surface area contributed by atoms with E-state index in [0.29, 0.717) is 25.8 Å². The zero-order valence-corrected chi connectivity index (χ0v) is 21.0. The number of benzene rings is 2. The maximum atomic E-state index is 13.2. The molecule has 0 radical (unpaired) electrons. The molecule has 2 amide bonds. The minimum absolute atomic E-state index is 0.0272. The number of ketones is 1. The minimum atomic E-state index is -0.843. The Morgan fingerprint density at radius 1 is 0.861 bits per heavy atom. The summed E-state index contributed by atoms with van der Waals surface area (Å²) in [5.74, 6) is -1.23. The van der Waals surface area contributed by atoms with Gasteiger partial charge < -0.3 is 27.8 Å². The average molecular weight is 495 g/mol. The van der Waals surface area contributed by atoms with Gasteiger partial charge in [0.15, 0.2) is 11.7 Å². The molecule has 8 N–H and O–H groups in total. The Hall–Kier alpha value is -3.72. The van der Waals surface area contributed by atoms with Crippen LogP contribution in [0, 0.1) is 5.92 Å². The molecule has 0 aliphatic carbocycles. The third kappa shape index (κ3) is 9.87. The van der Waals surface area contributed by atoms with Crippen molar-refractivity contribution in [2.75, 3.05) is 6.54 Å². The molecule has 2 rings (SSSR count). The molecule has 2 aromatic carbocycles. The first kappa shape index (κ1) is 28.5. The SMILES string of the molecule is CC(C)[C@H](NC(=O)[C@@H](N)Cc1ccccc1)C(=O)N[C@@H](CCCN=C(N)N)C(=O)Cc1ccccc1. The van der Waals surface area contributed by atoms with Crippen LogP contribution in [-0.2, 0) is 27.2 Å². The van der Waals surface area contributed by atoms with E-state index in [0.717, 1.165) is 11.1 Å². The van der Waals surface area contributed by atoms with E-state index < -0.39 is 29.9 Å². The number of nitrogens with two attached hydrogens (primary N) is 3. The summed E-state index contributed by atoms with van der Waals surface area (Å²) in [4.78, 5) is 43.1. The molecule has 36 heavy (non-hydrogen) atoms. The lowest BCUT2D eigenvalue weighted by Gasteiger charge is -2.26. The number of hydrogen-bond acceptors (Lipinski definition) is 5. The van der Waals surface area contributed by atoms with Crippen LogP contribution in [0.3, 0.4) is 0 Å². The predicted octanol–water partition coefficient (Wildman–Crippen LogP) is 1.05. The normalized spacial score (nSPS) is 13.3. The summed E-state index contributed by atoms with van der Waals surface area (Å²) in [5.41, 5.74) is 18.7. The van der Waals surface area contributed by atoms with Crippen molar-refractivity contribution in [3.8, 4) is 0 Å². The second-order valence-electron chi connectivity index (χ2n) is 9.17. The summed E-state index contributed by atoms with van der Waals surface area (Å²) in [6.07, 6.45) is 1.39. The first-order valence-corrected chi connectivity index (χ1v) is 12.2. The third-order valence-electron chi connectivity index (χ3n) is 5.75. The highest BCUT2D eigenvalue weighted by Gasteiger charge is 2.30. The number of carbonyl (C=O) groups excluding carboxylic acids is 3. The number of guanidine groups is 1. The van der Waals surface area contributed by atoms with E-state index in [1.807, 2.05) is 74.5 Å². The second kappa shape index (κ2) is 14.6. The lowest BCUT2D eigenvalue weighted by Crippen LogP contribution is -2.56. The Morgan fingerprint density at radius 3 is 2.00 bits per heavy atom. The van der Waals surface area contributed by atoms with Gasteiger partial charge in [-0.1, -0.05) is 74.5 Å². The first-order valence-electron chi connectivity index (χ1n) is 12.2. The fraction of sp³-hybridized carbons (Fsp3) is 0.407. The van der Waals surface area contributed by atoms with Crippen molar-refractivity contribution in [3.63, 3.8) is 0 Å². The van der Waals surface area contributed by atoms with Gasteiger partial charge in [-0.2, -0.15) is 0 Å². The number of hydrogen-bond donors (Lipinski definition) is 5. The summed E-state index contributed by atoms with van der Waals surface area (Å²) in [7, 11) is 0. The van der Waals surface area contributed by atoms with Gasteiger partial charge in [-0.15, -0.1) is 0 Å². The van der Waals surface area contributed by atoms with Crippen LogP contribution in [0.2, 0.25) is 0 Å². The largest absolute Gasteiger partial charge is 0.370 e. The molecule has 0 heterocycles. The molecule has 0 spiro atoms. The van der Waals surface area contributed by atoms with Crippen LogP contribution in [0.4, 0.5) is 0 Å². The molecule has 0 bridgehead atoms. The quantitative estimate of drug-likeness (QED) is 0.150. The molecule has 0 unspecified atom stereocenters. The average Bonchev–Trinajstić information content (AvgIpc) is 2.84. The van der Waals surface area contributed by atoms with Crippen LogP contribution in [0.25, 0.3) is 0 Å². The molecule has 0 aromatic heterocycles. The highest BCUT2D eigenvalue weighted by Crippen LogP contribution is 2.10. The molecule has 0 saturated carbocycles. The van der Waals surface area contributed by atoms with Crippen molar-refractivity contribution >= 4 is 23.6 Å². The van der Waals surface area contributed by atoms with E-state index in [1.165, 1.54) is 0 Å². The van der Waals surface area contributed by atoms with Crippen molar-refractivity contribution < 1.29 is 14.4 Å². The first-order chi connectivity index (χ1) is 17.2. The van der Waals surface area contributed by atoms with Gasteiger partial charge in [0, 0.05) is 13.0 Å². The molecule has 0 aliphatic heterocycles. The van der Waals surface area contributed by atoms with E-state index in [1.54, 1.807) is 0 Å². The Labute approximate surface area is 212 Å². The number of aliphatic imine (C=N–C) groups is 1. The fourth-order valence-electron chi connectivity index (χ4n) is 3.75. The summed E-state index contributed by atoms with van der Waals surface area (Å²) < 4.78 is 0. The monoisotopic (exact) mass is 494 g/mol. The van der Waals surface area contributed by atoms with Gasteiger partial charge in [0.1, 0.15) is 6.04 Å². The lowest BCUT2D eigenvalue weighted by molar-refractivity contribution is -0.132. The second-order valence-corrected chi connectivity index (χ2v) is 9.17. The van der Waals surface area contributed by atoms with E-state index in [2.05, 4.69) is 15.6 Å². The van der Waals surface area contributed by atoms with Crippen LogP contribution in [-0.4, -0.2) is 48.2 Å². The topological polar surface area (TPSA) is 166 Å². The van der Waals surface area contributed by atoms with E-state index >= 15 is 0 Å². The van der Waals surface area contributed by atoms with E-state index in [9.17, 15) is 14.4 Å². The van der Waals surface area contributed by atoms with Crippen molar-refractivity contribution in [1.29, 1.82) is 0 Å². The van der Waals surface area contributed by atoms with Crippen LogP contribution in [0.1, 0.15) is 37.8 Å². The Morgan fingerprint density at radius 2 is 1.44 bits per heavy atom. The molecule has 0 fully saturated rings. The van der Waals surface area contributed by atoms with Crippen molar-refractivity contribution in [2.24, 2.45) is 28.1 Å². The summed E-state index contributed by atoms with van der Waals surface area (Å²) in [6.45, 7) is 3.99. The third-order valence-corrected chi connectivity index (χ3v) is 5.75. The molecule has 194 valence electrons. The molecule has 9 heteroatoms. The van der Waals surface area contributed by atoms with Crippen molar-refractivity contribution in [3.05, 3.63) is 71.8 Å². The number of carbonyl (C=O) groups is 3. The summed E-state index contributed by atoms with van der Waals surface area (Å²) >= 11 is 0. The predicted molar refractivity (Wildman–Crippen MR) is 142 cm³/mol. The Bertz CT molecular complexity index is 1010. The summed E-state index contributed by atoms with van der Waals surface area (Å²) in [5, 5.41) is 5.62. The van der Waals surface area contributed by atoms with Crippen LogP contribution in [0.5, 0.6) is 0 Å². The molecule has 0 saturated heterocycles. The molecule has 9 nitrogen and oxygen atoms in total. The molecule has 3 atom stereocenters. The van der Waals surface area contributed by atoms with Gasteiger partial charge in [0.2, 0.25) is 11.8 Å². The minimum Gasteiger partial charge on any atom is -0.370 e. The lowest BCUT2D eigenvalue weighted by atomic mass is 9.97. The van der Waals surface area contributed by atoms with Crippen molar-refractivity contribution in [2.45, 2.75) is 57.7 Å². The van der Waals surface area contributed by atoms with Crippen LogP contribution >= 0.6 is 0 Å². The molecular formula is C27H38N6O3. The number of nitrogens with one attached hydrogen (secondary N) is 2. The zero-order chi connectivity index (χ0) is 26.5. The Balaban J connectivity index is 2.07. The number of Topliss-reactive ketones (excluding diaryl/α,β-unsaturated/α-hetero) is 1. The van der Waals surface area contributed by atoms with E-state index in [-0.39, 0.29) is 24.1 Å². The number of nitrogens with zero attached hydrogens (tertiary/aromatic N) is 1. The molecule has 0 aliphatic rings. The highest BCUT2D eigenvalue weighted by atomic mass is 16.2. The zero-order valence-electron chi connectivity index (χ0n) is 21.0. The van der Waals surface area contributed by atoms with Gasteiger partial charge in [0.25, 0.3) is 0 Å². The summed E-state index contributed by atoms with van der Waals surface area (Å²) in [6, 6.07) is 16.4. The maximum Gasteiger partial charge on any atom is 0.243 e. The highest BCUT2D eigenvalue weighted by molar-refractivity contribution is 5.94. The smallest absolute Gasteiger partial charge is 0.243 e. The van der Waals surface area contributed by atoms with Gasteiger partial charge in [-0.25, -0.2) is 0 Å². The maximum absolute atomic E-state index is 13.2. The Kier molecular flexibility index (Phi) is 11.6. The fourth-order valence-corrected chi connectivity index (χ4v) is 3.75. The van der Waals surface area contributed by atoms with Gasteiger partial charge in [0.05, 0.1) is 12.1 Å². The van der Waals surface area contributed by atoms with Crippen molar-refractivity contribution in [1.82, 2.24) is 10.6 Å². The van der Waals surface area contributed by atoms with E-state index in [4.69, 9.17) is 17.2 Å². The number of rotatable bonds is 14. The van der Waals surface area contributed by atoms with Crippen LogP contribution in [0.15, 0.2) is 65.7 Å². The van der Waals surface area contributed by atoms with Gasteiger partial charge in [-0.3, -0.25) is 19.4 Å². The van der Waals surface area contributed by atoms with Gasteiger partial charge in [-0.05, 0) is 36.3 Å². The van der Waals surface area contributed by atoms with Gasteiger partial charge >= 0.3 is 0 Å². The molecule has 2 aromatic rings. The standard InChI is InChI=1S/C27H38N6O3/c1-18(2)24(33-25(35)21(28)16-19-10-5-3-6-11-19)26(36)32-22(14-9-15-31-27(29)30)23(34)17-20-12-7-4-8-13-20/h3-8,10-13,18,21-22,24H,9,14-17,28H2,1-2H3,(H,32,36)(H,33,35)(H4,29,30,31)/t21-,22-,24-/m0/s1. The number of amides is 2. The van der Waals surface area contributed by atoms with Crippen LogP contribution < -0.4 is 27.8 Å². The molecular weight excluding hydrogens is 456 g/mol.